The maximum absolute atomic E-state index is 12.5. The highest BCUT2D eigenvalue weighted by Crippen LogP contribution is 2.33. The van der Waals surface area contributed by atoms with Gasteiger partial charge < -0.3 is 20.0 Å². The van der Waals surface area contributed by atoms with E-state index in [0.717, 1.165) is 45.4 Å². The number of nitrogens with zero attached hydrogens (tertiary/aromatic N) is 3. The van der Waals surface area contributed by atoms with Gasteiger partial charge in [0, 0.05) is 49.6 Å². The number of carboxylic acids is 2. The van der Waals surface area contributed by atoms with Crippen LogP contribution in [0.4, 0.5) is 26.3 Å². The molecule has 0 radical (unpaired) electrons. The van der Waals surface area contributed by atoms with Crippen LogP contribution in [0.1, 0.15) is 37.0 Å². The fourth-order valence-electron chi connectivity index (χ4n) is 4.58. The van der Waals surface area contributed by atoms with E-state index in [1.54, 1.807) is 0 Å². The van der Waals surface area contributed by atoms with E-state index in [1.165, 1.54) is 30.8 Å². The Labute approximate surface area is 213 Å². The Bertz CT molecular complexity index is 866. The lowest BCUT2D eigenvalue weighted by atomic mass is 9.96. The van der Waals surface area contributed by atoms with Crippen molar-refractivity contribution in [3.8, 4) is 0 Å². The largest absolute Gasteiger partial charge is 0.490 e. The van der Waals surface area contributed by atoms with Gasteiger partial charge in [0.05, 0.1) is 0 Å². The Balaban J connectivity index is 0.000000286. The third-order valence-electron chi connectivity index (χ3n) is 6.28. The van der Waals surface area contributed by atoms with Crippen molar-refractivity contribution in [2.45, 2.75) is 63.1 Å². The lowest BCUT2D eigenvalue weighted by Crippen LogP contribution is -2.53. The fourth-order valence-corrected chi connectivity index (χ4v) is 5.31. The quantitative estimate of drug-likeness (QED) is 0.529. The van der Waals surface area contributed by atoms with Crippen LogP contribution in [0.25, 0.3) is 0 Å². The summed E-state index contributed by atoms with van der Waals surface area (Å²) >= 11 is 1.85. The molecule has 3 fully saturated rings. The molecule has 4 rings (SSSR count). The summed E-state index contributed by atoms with van der Waals surface area (Å²) in [6.07, 6.45) is -4.57. The molecule has 2 atom stereocenters. The zero-order chi connectivity index (χ0) is 27.8. The minimum atomic E-state index is -5.08. The van der Waals surface area contributed by atoms with E-state index in [0.29, 0.717) is 18.0 Å². The number of rotatable bonds is 5. The molecule has 8 nitrogen and oxygen atoms in total. The number of aliphatic carboxylic acids is 2. The molecular formula is C22H29F6N3O5S. The molecule has 2 N–H and O–H groups in total. The zero-order valence-corrected chi connectivity index (χ0v) is 20.6. The van der Waals surface area contributed by atoms with Gasteiger partial charge >= 0.3 is 24.3 Å². The maximum atomic E-state index is 12.5. The van der Waals surface area contributed by atoms with Crippen molar-refractivity contribution >= 4 is 29.2 Å². The molecule has 0 aliphatic carbocycles. The second kappa shape index (κ2) is 13.4. The normalized spacial score (nSPS) is 22.5. The van der Waals surface area contributed by atoms with Gasteiger partial charge in [0.25, 0.3) is 0 Å². The van der Waals surface area contributed by atoms with Crippen LogP contribution in [0, 0.1) is 0 Å². The molecule has 3 aliphatic heterocycles. The number of carbonyl (C=O) groups is 3. The number of amides is 1. The topological polar surface area (TPSA) is 101 Å². The molecule has 0 bridgehead atoms. The number of carboxylic acid groups (broad SMARTS) is 2. The van der Waals surface area contributed by atoms with Crippen LogP contribution in [0.3, 0.4) is 0 Å². The highest BCUT2D eigenvalue weighted by molar-refractivity contribution is 7.09. The number of hydrogen-bond acceptors (Lipinski definition) is 6. The first-order valence-electron chi connectivity index (χ1n) is 11.6. The summed E-state index contributed by atoms with van der Waals surface area (Å²) in [6, 6.07) is 5.41. The lowest BCUT2D eigenvalue weighted by molar-refractivity contribution is -0.193. The molecule has 3 aliphatic rings. The number of carbonyl (C=O) groups excluding carboxylic acids is 1. The van der Waals surface area contributed by atoms with Crippen LogP contribution in [0.5, 0.6) is 0 Å². The molecule has 0 unspecified atom stereocenters. The molecular weight excluding hydrogens is 532 g/mol. The van der Waals surface area contributed by atoms with Crippen LogP contribution in [-0.4, -0.2) is 99.9 Å². The van der Waals surface area contributed by atoms with Crippen LogP contribution in [-0.2, 0) is 20.9 Å². The van der Waals surface area contributed by atoms with E-state index < -0.39 is 24.3 Å². The first-order valence-corrected chi connectivity index (χ1v) is 12.5. The Morgan fingerprint density at radius 1 is 0.919 bits per heavy atom. The van der Waals surface area contributed by atoms with Crippen molar-refractivity contribution in [3.63, 3.8) is 0 Å². The summed E-state index contributed by atoms with van der Waals surface area (Å²) in [5, 5.41) is 16.4. The summed E-state index contributed by atoms with van der Waals surface area (Å²) in [5.74, 6) is -5.12. The van der Waals surface area contributed by atoms with E-state index in [2.05, 4.69) is 32.2 Å². The number of hydrogen-bond donors (Lipinski definition) is 2. The van der Waals surface area contributed by atoms with Crippen LogP contribution >= 0.6 is 11.3 Å². The molecule has 210 valence electrons. The van der Waals surface area contributed by atoms with Crippen molar-refractivity contribution in [2.24, 2.45) is 0 Å². The van der Waals surface area contributed by atoms with Crippen molar-refractivity contribution in [1.82, 2.24) is 14.7 Å². The van der Waals surface area contributed by atoms with E-state index in [9.17, 15) is 31.1 Å². The molecule has 1 amide bonds. The van der Waals surface area contributed by atoms with Gasteiger partial charge in [-0.1, -0.05) is 6.07 Å². The molecule has 4 heterocycles. The van der Waals surface area contributed by atoms with Gasteiger partial charge in [0.15, 0.2) is 0 Å². The monoisotopic (exact) mass is 561 g/mol. The van der Waals surface area contributed by atoms with Gasteiger partial charge in [0.2, 0.25) is 5.91 Å². The van der Waals surface area contributed by atoms with Gasteiger partial charge in [-0.3, -0.25) is 9.69 Å². The van der Waals surface area contributed by atoms with Crippen molar-refractivity contribution < 1.29 is 50.9 Å². The van der Waals surface area contributed by atoms with Gasteiger partial charge in [-0.05, 0) is 50.2 Å². The standard InChI is InChI=1S/C18H27N3OS.2C2HF3O2/c22-18-6-5-16-17(21(18)12-11-19-8-1-2-9-19)7-10-20(16)14-15-4-3-13-23-15;2*3-2(4,5)1(6)7/h3-4,13,16-17H,1-2,5-12,14H2;2*(H,6,7)/t16-,17-;;/m0../s1. The lowest BCUT2D eigenvalue weighted by Gasteiger charge is -2.40. The van der Waals surface area contributed by atoms with Gasteiger partial charge in [-0.2, -0.15) is 26.3 Å². The van der Waals surface area contributed by atoms with Crippen LogP contribution < -0.4 is 0 Å². The third kappa shape index (κ3) is 9.78. The van der Waals surface area contributed by atoms with Crippen molar-refractivity contribution in [1.29, 1.82) is 0 Å². The third-order valence-corrected chi connectivity index (χ3v) is 7.14. The maximum Gasteiger partial charge on any atom is 0.490 e. The molecule has 0 saturated carbocycles. The number of piperidine rings is 1. The second-order valence-corrected chi connectivity index (χ2v) is 9.79. The Hall–Kier alpha value is -2.39. The summed E-state index contributed by atoms with van der Waals surface area (Å²) in [7, 11) is 0. The van der Waals surface area contributed by atoms with E-state index in [1.807, 2.05) is 11.3 Å². The van der Waals surface area contributed by atoms with E-state index in [4.69, 9.17) is 19.8 Å². The number of thiophene rings is 1. The molecule has 0 aromatic carbocycles. The summed E-state index contributed by atoms with van der Waals surface area (Å²) in [4.78, 5) is 39.1. The van der Waals surface area contributed by atoms with E-state index >= 15 is 0 Å². The molecule has 0 spiro atoms. The van der Waals surface area contributed by atoms with E-state index in [-0.39, 0.29) is 0 Å². The molecule has 15 heteroatoms. The van der Waals surface area contributed by atoms with Crippen molar-refractivity contribution in [2.75, 3.05) is 32.7 Å². The SMILES string of the molecule is O=C(O)C(F)(F)F.O=C(O)C(F)(F)F.O=C1CC[C@H]2[C@H](CCN2Cc2cccs2)N1CCN1CCCC1. The first kappa shape index (κ1) is 30.8. The molecule has 37 heavy (non-hydrogen) atoms. The highest BCUT2D eigenvalue weighted by atomic mass is 32.1. The van der Waals surface area contributed by atoms with Gasteiger partial charge in [-0.25, -0.2) is 9.59 Å². The molecule has 1 aromatic heterocycles. The number of halogens is 6. The first-order chi connectivity index (χ1) is 17.2. The Morgan fingerprint density at radius 3 is 1.97 bits per heavy atom. The molecule has 3 saturated heterocycles. The second-order valence-electron chi connectivity index (χ2n) is 8.75. The molecule has 1 aromatic rings. The average Bonchev–Trinajstić information content (AvgIpc) is 3.56. The van der Waals surface area contributed by atoms with Crippen LogP contribution in [0.15, 0.2) is 17.5 Å². The Morgan fingerprint density at radius 2 is 1.49 bits per heavy atom. The summed E-state index contributed by atoms with van der Waals surface area (Å²) in [6.45, 7) is 6.65. The van der Waals surface area contributed by atoms with Crippen LogP contribution in [0.2, 0.25) is 0 Å². The highest BCUT2D eigenvalue weighted by Gasteiger charge is 2.43. The Kier molecular flexibility index (Phi) is 11.2. The fraction of sp³-hybridized carbons (Fsp3) is 0.682. The van der Waals surface area contributed by atoms with Gasteiger partial charge in [0.1, 0.15) is 0 Å². The average molecular weight is 562 g/mol. The minimum absolute atomic E-state index is 0.392. The predicted molar refractivity (Wildman–Crippen MR) is 121 cm³/mol. The smallest absolute Gasteiger partial charge is 0.475 e. The van der Waals surface area contributed by atoms with Crippen molar-refractivity contribution in [3.05, 3.63) is 22.4 Å². The number of fused-ring (bicyclic) bond motifs is 1. The number of alkyl halides is 6. The minimum Gasteiger partial charge on any atom is -0.475 e. The summed E-state index contributed by atoms with van der Waals surface area (Å²) in [5.41, 5.74) is 0. The van der Waals surface area contributed by atoms with Gasteiger partial charge in [-0.15, -0.1) is 11.3 Å². The number of likely N-dealkylation sites (tertiary alicyclic amines) is 3. The zero-order valence-electron chi connectivity index (χ0n) is 19.8. The summed E-state index contributed by atoms with van der Waals surface area (Å²) < 4.78 is 63.5. The predicted octanol–water partition coefficient (Wildman–Crippen LogP) is 3.68.